The Balaban J connectivity index is 2.21. The third-order valence-electron chi connectivity index (χ3n) is 2.92. The number of hydrogen-bond donors (Lipinski definition) is 1. The van der Waals surface area contributed by atoms with Gasteiger partial charge in [0, 0.05) is 16.2 Å². The number of benzene rings is 2. The molecule has 2 rings (SSSR count). The van der Waals surface area contributed by atoms with Crippen LogP contribution in [-0.4, -0.2) is 0 Å². The molecule has 0 aromatic heterocycles. The number of halogens is 3. The van der Waals surface area contributed by atoms with Crippen LogP contribution in [0.5, 0.6) is 0 Å². The fourth-order valence-electron chi connectivity index (χ4n) is 1.93. The molecule has 0 spiro atoms. The molecule has 0 fully saturated rings. The molecule has 100 valence electrons. The lowest BCUT2D eigenvalue weighted by atomic mass is 10.0. The topological polar surface area (TPSA) is 12.0 Å². The maximum absolute atomic E-state index is 13.2. The van der Waals surface area contributed by atoms with Crippen LogP contribution in [0.15, 0.2) is 46.9 Å². The minimum Gasteiger partial charge on any atom is -0.378 e. The van der Waals surface area contributed by atoms with E-state index >= 15 is 0 Å². The summed E-state index contributed by atoms with van der Waals surface area (Å²) in [6.07, 6.45) is 0.843. The van der Waals surface area contributed by atoms with Crippen LogP contribution in [0.3, 0.4) is 0 Å². The normalized spacial score (nSPS) is 12.2. The molecule has 0 saturated carbocycles. The van der Waals surface area contributed by atoms with Crippen molar-refractivity contribution < 1.29 is 8.78 Å². The highest BCUT2D eigenvalue weighted by Crippen LogP contribution is 2.25. The lowest BCUT2D eigenvalue weighted by molar-refractivity contribution is 0.509. The summed E-state index contributed by atoms with van der Waals surface area (Å²) in [7, 11) is 0. The zero-order valence-corrected chi connectivity index (χ0v) is 12.0. The highest BCUT2D eigenvalue weighted by molar-refractivity contribution is 9.10. The van der Waals surface area contributed by atoms with Crippen molar-refractivity contribution in [2.24, 2.45) is 0 Å². The van der Waals surface area contributed by atoms with Crippen LogP contribution in [0.2, 0.25) is 0 Å². The average molecular weight is 326 g/mol. The molecule has 4 heteroatoms. The van der Waals surface area contributed by atoms with Gasteiger partial charge in [-0.3, -0.25) is 0 Å². The first-order chi connectivity index (χ1) is 9.10. The Morgan fingerprint density at radius 3 is 2.53 bits per heavy atom. The highest BCUT2D eigenvalue weighted by atomic mass is 79.9. The van der Waals surface area contributed by atoms with Crippen molar-refractivity contribution in [3.8, 4) is 0 Å². The zero-order chi connectivity index (χ0) is 13.8. The first-order valence-corrected chi connectivity index (χ1v) is 6.86. The fraction of sp³-hybridized carbons (Fsp3) is 0.200. The van der Waals surface area contributed by atoms with E-state index in [0.717, 1.165) is 22.5 Å². The van der Waals surface area contributed by atoms with Crippen LogP contribution in [0, 0.1) is 11.6 Å². The molecule has 1 unspecified atom stereocenters. The summed E-state index contributed by atoms with van der Waals surface area (Å²) >= 11 is 3.43. The second kappa shape index (κ2) is 6.15. The lowest BCUT2D eigenvalue weighted by Crippen LogP contribution is -2.10. The van der Waals surface area contributed by atoms with E-state index in [-0.39, 0.29) is 6.04 Å². The van der Waals surface area contributed by atoms with E-state index in [4.69, 9.17) is 0 Å². The van der Waals surface area contributed by atoms with Gasteiger partial charge in [0.25, 0.3) is 0 Å². The van der Waals surface area contributed by atoms with Crippen LogP contribution in [-0.2, 0) is 0 Å². The summed E-state index contributed by atoms with van der Waals surface area (Å²) in [6, 6.07) is 11.8. The van der Waals surface area contributed by atoms with Gasteiger partial charge in [0.2, 0.25) is 0 Å². The van der Waals surface area contributed by atoms with Crippen molar-refractivity contribution in [2.75, 3.05) is 5.32 Å². The molecular formula is C15H14BrF2N. The maximum Gasteiger partial charge on any atom is 0.160 e. The third-order valence-corrected chi connectivity index (χ3v) is 3.41. The summed E-state index contributed by atoms with van der Waals surface area (Å²) in [5.41, 5.74) is 1.67. The molecular weight excluding hydrogens is 312 g/mol. The van der Waals surface area contributed by atoms with E-state index < -0.39 is 11.6 Å². The van der Waals surface area contributed by atoms with Crippen molar-refractivity contribution in [3.05, 3.63) is 64.1 Å². The van der Waals surface area contributed by atoms with E-state index in [1.807, 2.05) is 31.2 Å². The van der Waals surface area contributed by atoms with Crippen LogP contribution < -0.4 is 5.32 Å². The minimum absolute atomic E-state index is 0.0577. The average Bonchev–Trinajstić information content (AvgIpc) is 2.40. The third kappa shape index (κ3) is 3.53. The van der Waals surface area contributed by atoms with Gasteiger partial charge in [-0.15, -0.1) is 0 Å². The van der Waals surface area contributed by atoms with Gasteiger partial charge in [-0.2, -0.15) is 0 Å². The van der Waals surface area contributed by atoms with Gasteiger partial charge in [0.15, 0.2) is 11.6 Å². The molecule has 1 atom stereocenters. The summed E-state index contributed by atoms with van der Waals surface area (Å²) in [4.78, 5) is 0. The van der Waals surface area contributed by atoms with Crippen LogP contribution >= 0.6 is 15.9 Å². The quantitative estimate of drug-likeness (QED) is 0.805. The molecule has 0 aliphatic carbocycles. The van der Waals surface area contributed by atoms with E-state index in [2.05, 4.69) is 21.2 Å². The first kappa shape index (κ1) is 14.0. The second-order valence-electron chi connectivity index (χ2n) is 4.29. The smallest absolute Gasteiger partial charge is 0.160 e. The molecule has 0 amide bonds. The molecule has 0 radical (unpaired) electrons. The molecule has 0 bridgehead atoms. The van der Waals surface area contributed by atoms with Crippen LogP contribution in [0.1, 0.15) is 24.9 Å². The van der Waals surface area contributed by atoms with Gasteiger partial charge < -0.3 is 5.32 Å². The van der Waals surface area contributed by atoms with Gasteiger partial charge in [-0.05, 0) is 36.2 Å². The van der Waals surface area contributed by atoms with E-state index in [1.54, 1.807) is 6.07 Å². The van der Waals surface area contributed by atoms with E-state index in [9.17, 15) is 8.78 Å². The Bertz CT molecular complexity index is 572. The van der Waals surface area contributed by atoms with Crippen molar-refractivity contribution in [3.63, 3.8) is 0 Å². The summed E-state index contributed by atoms with van der Waals surface area (Å²) in [5, 5.41) is 3.21. The predicted molar refractivity (Wildman–Crippen MR) is 77.2 cm³/mol. The van der Waals surface area contributed by atoms with E-state index in [0.29, 0.717) is 5.69 Å². The van der Waals surface area contributed by atoms with E-state index in [1.165, 1.54) is 6.07 Å². The van der Waals surface area contributed by atoms with Crippen molar-refractivity contribution in [1.82, 2.24) is 0 Å². The Morgan fingerprint density at radius 1 is 1.11 bits per heavy atom. The predicted octanol–water partition coefficient (Wildman–Crippen LogP) is 5.29. The van der Waals surface area contributed by atoms with Gasteiger partial charge >= 0.3 is 0 Å². The Morgan fingerprint density at radius 2 is 1.89 bits per heavy atom. The number of hydrogen-bond acceptors (Lipinski definition) is 1. The lowest BCUT2D eigenvalue weighted by Gasteiger charge is -2.19. The molecule has 0 aliphatic rings. The van der Waals surface area contributed by atoms with Crippen LogP contribution in [0.4, 0.5) is 14.5 Å². The minimum atomic E-state index is -0.839. The highest BCUT2D eigenvalue weighted by Gasteiger charge is 2.10. The SMILES string of the molecule is CCC(Nc1ccc(F)c(F)c1)c1cccc(Br)c1. The fourth-order valence-corrected chi connectivity index (χ4v) is 2.35. The Kier molecular flexibility index (Phi) is 4.53. The van der Waals surface area contributed by atoms with Crippen molar-refractivity contribution >= 4 is 21.6 Å². The van der Waals surface area contributed by atoms with Gasteiger partial charge in [-0.25, -0.2) is 8.78 Å². The van der Waals surface area contributed by atoms with Gasteiger partial charge in [0.05, 0.1) is 6.04 Å². The second-order valence-corrected chi connectivity index (χ2v) is 5.20. The summed E-state index contributed by atoms with van der Waals surface area (Å²) in [6.45, 7) is 2.04. The molecule has 19 heavy (non-hydrogen) atoms. The first-order valence-electron chi connectivity index (χ1n) is 6.07. The Labute approximate surface area is 119 Å². The molecule has 0 saturated heterocycles. The van der Waals surface area contributed by atoms with Crippen molar-refractivity contribution in [2.45, 2.75) is 19.4 Å². The molecule has 2 aromatic carbocycles. The van der Waals surface area contributed by atoms with Crippen LogP contribution in [0.25, 0.3) is 0 Å². The standard InChI is InChI=1S/C15H14BrF2N/c1-2-15(10-4-3-5-11(16)8-10)19-12-6-7-13(17)14(18)9-12/h3-9,15,19H,2H2,1H3. The Hall–Kier alpha value is -1.42. The number of nitrogens with one attached hydrogen (secondary N) is 1. The van der Waals surface area contributed by atoms with Crippen molar-refractivity contribution in [1.29, 1.82) is 0 Å². The molecule has 0 aliphatic heterocycles. The number of rotatable bonds is 4. The maximum atomic E-state index is 13.2. The molecule has 0 heterocycles. The summed E-state index contributed by atoms with van der Waals surface area (Å²) < 4.78 is 27.1. The monoisotopic (exact) mass is 325 g/mol. The van der Waals surface area contributed by atoms with Gasteiger partial charge in [0.1, 0.15) is 0 Å². The summed E-state index contributed by atoms with van der Waals surface area (Å²) in [5.74, 6) is -1.67. The molecule has 1 N–H and O–H groups in total. The molecule has 2 aromatic rings. The molecule has 1 nitrogen and oxygen atoms in total. The number of anilines is 1. The van der Waals surface area contributed by atoms with Gasteiger partial charge in [-0.1, -0.05) is 35.0 Å². The largest absolute Gasteiger partial charge is 0.378 e. The zero-order valence-electron chi connectivity index (χ0n) is 10.5.